The van der Waals surface area contributed by atoms with Crippen LogP contribution in [0.15, 0.2) is 48.5 Å². The first-order valence-corrected chi connectivity index (χ1v) is 9.06. The van der Waals surface area contributed by atoms with E-state index in [1.54, 1.807) is 33.0 Å². The lowest BCUT2D eigenvalue weighted by molar-refractivity contribution is 1.02. The Hall–Kier alpha value is -2.60. The SMILES string of the molecule is c1cc2c3ccc4c5c(ccc(c6ccc7c(c1CC7)c26)c53)CC4. The number of aryl methyl sites for hydroxylation is 4. The van der Waals surface area contributed by atoms with Crippen LogP contribution in [0.25, 0.3) is 43.1 Å². The Morgan fingerprint density at radius 1 is 0.333 bits per heavy atom. The Bertz CT molecular complexity index is 1140. The fourth-order valence-corrected chi connectivity index (χ4v) is 5.56. The van der Waals surface area contributed by atoms with Gasteiger partial charge in [0.05, 0.1) is 0 Å². The molecule has 0 saturated carbocycles. The Morgan fingerprint density at radius 3 is 0.917 bits per heavy atom. The molecule has 0 radical (unpaired) electrons. The molecular formula is C24H16. The van der Waals surface area contributed by atoms with Crippen molar-refractivity contribution in [2.75, 3.05) is 0 Å². The van der Waals surface area contributed by atoms with E-state index in [-0.39, 0.29) is 0 Å². The molecule has 0 fully saturated rings. The van der Waals surface area contributed by atoms with Crippen molar-refractivity contribution in [3.8, 4) is 0 Å². The van der Waals surface area contributed by atoms with Crippen molar-refractivity contribution in [2.45, 2.75) is 25.7 Å². The lowest BCUT2D eigenvalue weighted by Crippen LogP contribution is -1.90. The Morgan fingerprint density at radius 2 is 0.625 bits per heavy atom. The summed E-state index contributed by atoms with van der Waals surface area (Å²) in [6.07, 6.45) is 4.82. The largest absolute Gasteiger partial charge is 0.0578 e. The lowest BCUT2D eigenvalue weighted by atomic mass is 9.87. The van der Waals surface area contributed by atoms with Gasteiger partial charge in [-0.25, -0.2) is 0 Å². The van der Waals surface area contributed by atoms with E-state index in [2.05, 4.69) is 48.5 Å². The van der Waals surface area contributed by atoms with Gasteiger partial charge in [0, 0.05) is 0 Å². The fraction of sp³-hybridized carbons (Fsp3) is 0.167. The van der Waals surface area contributed by atoms with E-state index in [1.807, 2.05) is 0 Å². The molecule has 0 aliphatic heterocycles. The van der Waals surface area contributed by atoms with Crippen LogP contribution < -0.4 is 0 Å². The predicted octanol–water partition coefficient (Wildman–Crippen LogP) is 5.93. The van der Waals surface area contributed by atoms with Crippen LogP contribution >= 0.6 is 0 Å². The van der Waals surface area contributed by atoms with E-state index in [9.17, 15) is 0 Å². The zero-order chi connectivity index (χ0) is 15.4. The molecule has 112 valence electrons. The summed E-state index contributed by atoms with van der Waals surface area (Å²) in [5.74, 6) is 0. The Labute approximate surface area is 140 Å². The molecule has 0 spiro atoms. The number of benzene rings is 5. The molecule has 0 unspecified atom stereocenters. The quantitative estimate of drug-likeness (QED) is 0.245. The van der Waals surface area contributed by atoms with Gasteiger partial charge in [-0.1, -0.05) is 48.5 Å². The first-order valence-electron chi connectivity index (χ1n) is 9.06. The molecule has 0 heteroatoms. The standard InChI is InChI=1S/C24H16/c1-2-14-6-10-18-20-12-8-16-4-3-15-7-11-19(24(20)22(15)16)17-9-5-13(1)21(14)23(17)18/h5-12H,1-4H2. The molecule has 0 atom stereocenters. The van der Waals surface area contributed by atoms with Gasteiger partial charge in [-0.2, -0.15) is 0 Å². The first-order chi connectivity index (χ1) is 11.9. The normalized spacial score (nSPS) is 15.7. The first kappa shape index (κ1) is 11.9. The smallest absolute Gasteiger partial charge is 0.00208 e. The van der Waals surface area contributed by atoms with Crippen LogP contribution in [0.3, 0.4) is 0 Å². The second kappa shape index (κ2) is 3.72. The molecule has 0 amide bonds. The third-order valence-electron chi connectivity index (χ3n) is 6.57. The van der Waals surface area contributed by atoms with Gasteiger partial charge in [0.25, 0.3) is 0 Å². The maximum Gasteiger partial charge on any atom is -0.00208 e. The van der Waals surface area contributed by atoms with Gasteiger partial charge in [-0.15, -0.1) is 0 Å². The third-order valence-corrected chi connectivity index (χ3v) is 6.57. The zero-order valence-electron chi connectivity index (χ0n) is 13.4. The maximum atomic E-state index is 2.39. The van der Waals surface area contributed by atoms with E-state index in [4.69, 9.17) is 0 Å². The summed E-state index contributed by atoms with van der Waals surface area (Å²) < 4.78 is 0. The van der Waals surface area contributed by atoms with E-state index in [0.717, 1.165) is 0 Å². The summed E-state index contributed by atoms with van der Waals surface area (Å²) >= 11 is 0. The molecule has 7 rings (SSSR count). The molecule has 2 aliphatic rings. The van der Waals surface area contributed by atoms with Crippen molar-refractivity contribution < 1.29 is 0 Å². The van der Waals surface area contributed by atoms with E-state index >= 15 is 0 Å². The van der Waals surface area contributed by atoms with Gasteiger partial charge in [-0.3, -0.25) is 0 Å². The second-order valence-electron chi connectivity index (χ2n) is 7.59. The fourth-order valence-electron chi connectivity index (χ4n) is 5.56. The van der Waals surface area contributed by atoms with Gasteiger partial charge in [0.15, 0.2) is 0 Å². The van der Waals surface area contributed by atoms with Gasteiger partial charge < -0.3 is 0 Å². The van der Waals surface area contributed by atoms with Crippen molar-refractivity contribution in [1.82, 2.24) is 0 Å². The molecule has 0 N–H and O–H groups in total. The van der Waals surface area contributed by atoms with Crippen LogP contribution in [0.2, 0.25) is 0 Å². The second-order valence-corrected chi connectivity index (χ2v) is 7.59. The minimum atomic E-state index is 1.20. The summed E-state index contributed by atoms with van der Waals surface area (Å²) in [4.78, 5) is 0. The van der Waals surface area contributed by atoms with Crippen molar-refractivity contribution in [3.05, 3.63) is 70.8 Å². The molecule has 0 aromatic heterocycles. The third kappa shape index (κ3) is 1.16. The number of fused-ring (bicyclic) bond motifs is 2. The summed E-state index contributed by atoms with van der Waals surface area (Å²) in [6.45, 7) is 0. The predicted molar refractivity (Wildman–Crippen MR) is 102 cm³/mol. The van der Waals surface area contributed by atoms with Gasteiger partial charge in [-0.05, 0) is 91.0 Å². The summed E-state index contributed by atoms with van der Waals surface area (Å²) in [5, 5.41) is 11.9. The van der Waals surface area contributed by atoms with Crippen molar-refractivity contribution in [1.29, 1.82) is 0 Å². The van der Waals surface area contributed by atoms with E-state index in [1.165, 1.54) is 58.0 Å². The van der Waals surface area contributed by atoms with Crippen LogP contribution in [-0.2, 0) is 25.7 Å². The van der Waals surface area contributed by atoms with E-state index < -0.39 is 0 Å². The number of hydrogen-bond donors (Lipinski definition) is 0. The Balaban J connectivity index is 1.92. The summed E-state index contributed by atoms with van der Waals surface area (Å²) in [7, 11) is 0. The molecule has 24 heavy (non-hydrogen) atoms. The minimum absolute atomic E-state index is 1.20. The average Bonchev–Trinajstić information content (AvgIpc) is 3.24. The van der Waals surface area contributed by atoms with Gasteiger partial charge in [0.1, 0.15) is 0 Å². The monoisotopic (exact) mass is 304 g/mol. The lowest BCUT2D eigenvalue weighted by Gasteiger charge is -2.16. The molecule has 0 bridgehead atoms. The van der Waals surface area contributed by atoms with Crippen LogP contribution in [-0.4, -0.2) is 0 Å². The topological polar surface area (TPSA) is 0 Å². The van der Waals surface area contributed by atoms with Crippen molar-refractivity contribution in [3.63, 3.8) is 0 Å². The minimum Gasteiger partial charge on any atom is -0.0578 e. The zero-order valence-corrected chi connectivity index (χ0v) is 13.4. The van der Waals surface area contributed by atoms with Crippen molar-refractivity contribution in [2.24, 2.45) is 0 Å². The highest BCUT2D eigenvalue weighted by molar-refractivity contribution is 6.34. The van der Waals surface area contributed by atoms with Crippen molar-refractivity contribution >= 4 is 43.1 Å². The average molecular weight is 304 g/mol. The highest BCUT2D eigenvalue weighted by atomic mass is 14.3. The number of rotatable bonds is 0. The van der Waals surface area contributed by atoms with Crippen LogP contribution in [0.5, 0.6) is 0 Å². The molecular weight excluding hydrogens is 288 g/mol. The number of hydrogen-bond acceptors (Lipinski definition) is 0. The molecule has 0 heterocycles. The summed E-state index contributed by atoms with van der Waals surface area (Å²) in [6, 6.07) is 19.1. The molecule has 0 nitrogen and oxygen atoms in total. The highest BCUT2D eigenvalue weighted by Gasteiger charge is 2.23. The Kier molecular flexibility index (Phi) is 1.84. The van der Waals surface area contributed by atoms with Crippen LogP contribution in [0.1, 0.15) is 22.3 Å². The highest BCUT2D eigenvalue weighted by Crippen LogP contribution is 2.46. The maximum absolute atomic E-state index is 2.39. The van der Waals surface area contributed by atoms with Gasteiger partial charge >= 0.3 is 0 Å². The van der Waals surface area contributed by atoms with Crippen LogP contribution in [0, 0.1) is 0 Å². The molecule has 2 aliphatic carbocycles. The van der Waals surface area contributed by atoms with Crippen LogP contribution in [0.4, 0.5) is 0 Å². The summed E-state index contributed by atoms with van der Waals surface area (Å²) in [5.41, 5.74) is 6.18. The van der Waals surface area contributed by atoms with E-state index in [0.29, 0.717) is 0 Å². The molecule has 0 saturated heterocycles. The van der Waals surface area contributed by atoms with Gasteiger partial charge in [0.2, 0.25) is 0 Å². The molecule has 5 aromatic rings. The molecule has 5 aromatic carbocycles.